The fourth-order valence-corrected chi connectivity index (χ4v) is 3.23. The highest BCUT2D eigenvalue weighted by Gasteiger charge is 2.21. The maximum atomic E-state index is 12.2. The summed E-state index contributed by atoms with van der Waals surface area (Å²) in [5.41, 5.74) is 0.618. The Hall–Kier alpha value is -1.60. The second kappa shape index (κ2) is 7.42. The number of benzene rings is 1. The molecule has 1 aliphatic rings. The number of para-hydroxylation sites is 1. The van der Waals surface area contributed by atoms with E-state index in [0.29, 0.717) is 12.0 Å². The van der Waals surface area contributed by atoms with E-state index < -0.39 is 4.92 Å². The summed E-state index contributed by atoms with van der Waals surface area (Å²) in [4.78, 5) is 24.3. The quantitative estimate of drug-likeness (QED) is 0.661. The Morgan fingerprint density at radius 3 is 2.95 bits per heavy atom. The van der Waals surface area contributed by atoms with Crippen molar-refractivity contribution in [2.24, 2.45) is 0 Å². The molecule has 1 unspecified atom stereocenters. The number of hydrogen-bond donors (Lipinski definition) is 1. The van der Waals surface area contributed by atoms with E-state index in [1.165, 1.54) is 6.07 Å². The molecule has 0 bridgehead atoms. The Kier molecular flexibility index (Phi) is 5.58. The average Bonchev–Trinajstić information content (AvgIpc) is 2.48. The molecule has 1 N–H and O–H groups in total. The first-order chi connectivity index (χ1) is 10.1. The molecule has 0 aliphatic carbocycles. The first-order valence-electron chi connectivity index (χ1n) is 6.85. The Bertz CT molecular complexity index is 518. The first-order valence-corrected chi connectivity index (χ1v) is 8.01. The Morgan fingerprint density at radius 2 is 2.29 bits per heavy atom. The second-order valence-corrected chi connectivity index (χ2v) is 6.22. The van der Waals surface area contributed by atoms with Crippen molar-refractivity contribution in [3.8, 4) is 0 Å². The van der Waals surface area contributed by atoms with Crippen molar-refractivity contribution < 1.29 is 9.72 Å². The lowest BCUT2D eigenvalue weighted by molar-refractivity contribution is -0.385. The van der Waals surface area contributed by atoms with Gasteiger partial charge in [-0.3, -0.25) is 14.9 Å². The molecule has 1 fully saturated rings. The molecule has 1 amide bonds. The number of carbonyl (C=O) groups excluding carboxylic acids is 1. The summed E-state index contributed by atoms with van der Waals surface area (Å²) in [5, 5.41) is 14.3. The number of nitro groups is 1. The zero-order valence-corrected chi connectivity index (χ0v) is 12.8. The molecule has 0 radical (unpaired) electrons. The van der Waals surface area contributed by atoms with Crippen LogP contribution in [0.4, 0.5) is 5.69 Å². The van der Waals surface area contributed by atoms with Crippen LogP contribution in [-0.4, -0.2) is 46.9 Å². The van der Waals surface area contributed by atoms with E-state index in [1.54, 1.807) is 30.1 Å². The van der Waals surface area contributed by atoms with E-state index in [9.17, 15) is 14.9 Å². The van der Waals surface area contributed by atoms with Crippen molar-refractivity contribution in [1.82, 2.24) is 10.2 Å². The van der Waals surface area contributed by atoms with E-state index >= 15 is 0 Å². The van der Waals surface area contributed by atoms with Crippen molar-refractivity contribution in [2.75, 3.05) is 25.1 Å². The zero-order valence-electron chi connectivity index (χ0n) is 11.9. The molecule has 2 rings (SSSR count). The summed E-state index contributed by atoms with van der Waals surface area (Å²) < 4.78 is 0. The highest BCUT2D eigenvalue weighted by molar-refractivity contribution is 7.99. The standard InChI is InChI=1S/C14H19N3O3S/c1-16(14(18)8-12-10-21-7-6-15-12)9-11-4-2-3-5-13(11)17(19)20/h2-5,12,15H,6-10H2,1H3. The minimum atomic E-state index is -0.410. The van der Waals surface area contributed by atoms with E-state index in [0.717, 1.165) is 18.1 Å². The molecule has 0 aromatic heterocycles. The third kappa shape index (κ3) is 4.44. The van der Waals surface area contributed by atoms with Gasteiger partial charge in [0.2, 0.25) is 5.91 Å². The number of hydrogen-bond acceptors (Lipinski definition) is 5. The van der Waals surface area contributed by atoms with Gasteiger partial charge in [0.1, 0.15) is 0 Å². The normalized spacial score (nSPS) is 18.2. The molecule has 114 valence electrons. The average molecular weight is 309 g/mol. The predicted molar refractivity (Wildman–Crippen MR) is 83.3 cm³/mol. The summed E-state index contributed by atoms with van der Waals surface area (Å²) in [6.45, 7) is 1.19. The molecule has 6 nitrogen and oxygen atoms in total. The third-order valence-corrected chi connectivity index (χ3v) is 4.57. The van der Waals surface area contributed by atoms with Gasteiger partial charge in [0.15, 0.2) is 0 Å². The summed E-state index contributed by atoms with van der Waals surface area (Å²) >= 11 is 1.84. The van der Waals surface area contributed by atoms with Crippen LogP contribution in [0.5, 0.6) is 0 Å². The van der Waals surface area contributed by atoms with E-state index in [-0.39, 0.29) is 24.2 Å². The predicted octanol–water partition coefficient (Wildman–Crippen LogP) is 1.65. The fraction of sp³-hybridized carbons (Fsp3) is 0.500. The second-order valence-electron chi connectivity index (χ2n) is 5.07. The van der Waals surface area contributed by atoms with Crippen LogP contribution in [0.15, 0.2) is 24.3 Å². The molecule has 0 saturated carbocycles. The molecule has 1 atom stereocenters. The van der Waals surface area contributed by atoms with Crippen LogP contribution in [0.2, 0.25) is 0 Å². The molecule has 21 heavy (non-hydrogen) atoms. The lowest BCUT2D eigenvalue weighted by atomic mass is 10.1. The maximum Gasteiger partial charge on any atom is 0.274 e. The molecule has 1 aromatic carbocycles. The molecule has 7 heteroatoms. The lowest BCUT2D eigenvalue weighted by Gasteiger charge is -2.25. The molecule has 1 aromatic rings. The van der Waals surface area contributed by atoms with Gasteiger partial charge in [-0.05, 0) is 0 Å². The number of nitro benzene ring substituents is 1. The van der Waals surface area contributed by atoms with Crippen molar-refractivity contribution in [2.45, 2.75) is 19.0 Å². The van der Waals surface area contributed by atoms with Crippen LogP contribution in [0.3, 0.4) is 0 Å². The van der Waals surface area contributed by atoms with Crippen LogP contribution in [-0.2, 0) is 11.3 Å². The lowest BCUT2D eigenvalue weighted by Crippen LogP contribution is -2.41. The molecular weight excluding hydrogens is 290 g/mol. The zero-order chi connectivity index (χ0) is 15.2. The highest BCUT2D eigenvalue weighted by Crippen LogP contribution is 2.19. The van der Waals surface area contributed by atoms with E-state index in [4.69, 9.17) is 0 Å². The minimum absolute atomic E-state index is 0.00755. The van der Waals surface area contributed by atoms with Crippen molar-refractivity contribution in [1.29, 1.82) is 0 Å². The topological polar surface area (TPSA) is 75.5 Å². The summed E-state index contributed by atoms with van der Waals surface area (Å²) in [6, 6.07) is 6.74. The van der Waals surface area contributed by atoms with Crippen LogP contribution >= 0.6 is 11.8 Å². The molecule has 0 spiro atoms. The van der Waals surface area contributed by atoms with Gasteiger partial charge in [-0.2, -0.15) is 11.8 Å². The van der Waals surface area contributed by atoms with Crippen LogP contribution in [0, 0.1) is 10.1 Å². The van der Waals surface area contributed by atoms with Gasteiger partial charge in [-0.15, -0.1) is 0 Å². The van der Waals surface area contributed by atoms with Gasteiger partial charge in [-0.1, -0.05) is 18.2 Å². The highest BCUT2D eigenvalue weighted by atomic mass is 32.2. The summed E-state index contributed by atoms with van der Waals surface area (Å²) in [5.74, 6) is 2.02. The van der Waals surface area contributed by atoms with Crippen LogP contribution in [0.25, 0.3) is 0 Å². The number of nitrogens with zero attached hydrogens (tertiary/aromatic N) is 2. The number of thioether (sulfide) groups is 1. The van der Waals surface area contributed by atoms with Crippen molar-refractivity contribution in [3.63, 3.8) is 0 Å². The third-order valence-electron chi connectivity index (χ3n) is 3.44. The van der Waals surface area contributed by atoms with Gasteiger partial charge in [0.05, 0.1) is 11.5 Å². The van der Waals surface area contributed by atoms with Crippen molar-refractivity contribution in [3.05, 3.63) is 39.9 Å². The fourth-order valence-electron chi connectivity index (χ4n) is 2.28. The number of nitrogens with one attached hydrogen (secondary N) is 1. The first kappa shape index (κ1) is 15.8. The van der Waals surface area contributed by atoms with Gasteiger partial charge < -0.3 is 10.2 Å². The smallest absolute Gasteiger partial charge is 0.274 e. The monoisotopic (exact) mass is 309 g/mol. The van der Waals surface area contributed by atoms with Gasteiger partial charge >= 0.3 is 0 Å². The van der Waals surface area contributed by atoms with Gasteiger partial charge in [0, 0.05) is 49.2 Å². The van der Waals surface area contributed by atoms with E-state index in [2.05, 4.69) is 5.32 Å². The van der Waals surface area contributed by atoms with Gasteiger partial charge in [0.25, 0.3) is 5.69 Å². The minimum Gasteiger partial charge on any atom is -0.341 e. The number of rotatable bonds is 5. The van der Waals surface area contributed by atoms with Crippen molar-refractivity contribution >= 4 is 23.4 Å². The van der Waals surface area contributed by atoms with E-state index in [1.807, 2.05) is 11.8 Å². The largest absolute Gasteiger partial charge is 0.341 e. The number of carbonyl (C=O) groups is 1. The summed E-state index contributed by atoms with van der Waals surface area (Å²) in [7, 11) is 1.69. The molecular formula is C14H19N3O3S. The molecule has 1 saturated heterocycles. The van der Waals surface area contributed by atoms with Crippen LogP contribution in [0.1, 0.15) is 12.0 Å². The Morgan fingerprint density at radius 1 is 1.52 bits per heavy atom. The molecule has 1 aliphatic heterocycles. The Labute approximate surface area is 128 Å². The Balaban J connectivity index is 1.95. The SMILES string of the molecule is CN(Cc1ccccc1[N+](=O)[O-])C(=O)CC1CSCCN1. The van der Waals surface area contributed by atoms with Crippen LogP contribution < -0.4 is 5.32 Å². The summed E-state index contributed by atoms with van der Waals surface area (Å²) in [6.07, 6.45) is 0.435. The maximum absolute atomic E-state index is 12.2. The van der Waals surface area contributed by atoms with Gasteiger partial charge in [-0.25, -0.2) is 0 Å². The number of amides is 1. The molecule has 1 heterocycles.